The van der Waals surface area contributed by atoms with E-state index in [0.717, 1.165) is 18.2 Å². The molecule has 2 N–H and O–H groups in total. The van der Waals surface area contributed by atoms with Crippen LogP contribution in [0.15, 0.2) is 36.5 Å². The van der Waals surface area contributed by atoms with Crippen LogP contribution in [0.25, 0.3) is 10.9 Å². The molecule has 10 heteroatoms. The van der Waals surface area contributed by atoms with Gasteiger partial charge in [-0.05, 0) is 31.0 Å². The fourth-order valence-electron chi connectivity index (χ4n) is 4.12. The smallest absolute Gasteiger partial charge is 0.280 e. The van der Waals surface area contributed by atoms with Crippen LogP contribution in [0.1, 0.15) is 54.2 Å². The summed E-state index contributed by atoms with van der Waals surface area (Å²) in [5, 5.41) is 17.6. The molecule has 0 spiro atoms. The zero-order valence-corrected chi connectivity index (χ0v) is 17.8. The van der Waals surface area contributed by atoms with Crippen molar-refractivity contribution in [2.45, 2.75) is 50.4 Å². The van der Waals surface area contributed by atoms with Gasteiger partial charge >= 0.3 is 0 Å². The van der Waals surface area contributed by atoms with Crippen molar-refractivity contribution in [3.8, 4) is 5.75 Å². The van der Waals surface area contributed by atoms with Gasteiger partial charge in [-0.2, -0.15) is 5.10 Å². The first-order chi connectivity index (χ1) is 16.0. The van der Waals surface area contributed by atoms with Gasteiger partial charge in [0.15, 0.2) is 0 Å². The van der Waals surface area contributed by atoms with Gasteiger partial charge in [0, 0.05) is 43.7 Å². The van der Waals surface area contributed by atoms with E-state index >= 15 is 0 Å². The van der Waals surface area contributed by atoms with E-state index in [0.29, 0.717) is 37.3 Å². The second-order valence-corrected chi connectivity index (χ2v) is 8.43. The number of anilines is 1. The molecule has 1 amide bonds. The molecule has 5 rings (SSSR count). The summed E-state index contributed by atoms with van der Waals surface area (Å²) in [6.07, 6.45) is 1.22. The number of hydrogen-bond acceptors (Lipinski definition) is 6. The lowest BCUT2D eigenvalue weighted by Crippen LogP contribution is -2.37. The van der Waals surface area contributed by atoms with Gasteiger partial charge < -0.3 is 19.9 Å². The first-order valence-electron chi connectivity index (χ1n) is 11.0. The van der Waals surface area contributed by atoms with Gasteiger partial charge in [0.05, 0.1) is 23.2 Å². The molecule has 3 heterocycles. The number of aliphatic hydroxyl groups is 1. The molecule has 2 aliphatic rings. The quantitative estimate of drug-likeness (QED) is 0.582. The van der Waals surface area contributed by atoms with E-state index < -0.39 is 24.1 Å². The molecule has 1 aromatic carbocycles. The van der Waals surface area contributed by atoms with Crippen molar-refractivity contribution < 1.29 is 28.2 Å². The molecule has 0 atom stereocenters. The number of pyridine rings is 1. The lowest BCUT2D eigenvalue weighted by Gasteiger charge is -2.32. The number of nitrogens with zero attached hydrogens (tertiary/aromatic N) is 3. The van der Waals surface area contributed by atoms with Crippen LogP contribution >= 0.6 is 0 Å². The van der Waals surface area contributed by atoms with Gasteiger partial charge in [-0.3, -0.25) is 9.48 Å². The molecule has 1 aliphatic heterocycles. The van der Waals surface area contributed by atoms with E-state index in [1.807, 2.05) is 10.9 Å². The van der Waals surface area contributed by atoms with Gasteiger partial charge in [-0.25, -0.2) is 13.8 Å². The maximum atomic E-state index is 13.1. The number of ether oxygens (including phenoxy) is 2. The number of aliphatic hydroxyl groups excluding tert-OH is 1. The molecule has 1 saturated heterocycles. The van der Waals surface area contributed by atoms with Crippen LogP contribution in [0.2, 0.25) is 0 Å². The number of halogens is 2. The molecule has 0 unspecified atom stereocenters. The maximum Gasteiger partial charge on any atom is 0.280 e. The molecule has 2 fully saturated rings. The van der Waals surface area contributed by atoms with Crippen molar-refractivity contribution in [2.24, 2.45) is 0 Å². The summed E-state index contributed by atoms with van der Waals surface area (Å²) in [6.45, 7) is 1.36. The highest BCUT2D eigenvalue weighted by atomic mass is 19.3. The van der Waals surface area contributed by atoms with Gasteiger partial charge in [0.1, 0.15) is 23.4 Å². The van der Waals surface area contributed by atoms with Crippen molar-refractivity contribution in [3.05, 3.63) is 47.8 Å². The average Bonchev–Trinajstić information content (AvgIpc) is 3.21. The third kappa shape index (κ3) is 4.67. The SMILES string of the molecule is O=C(Nc1cccc(C(F)F)n1)c1cc2cn(C3CCOCC3)nc2cc1O[C@H]1C[C@H](O)C1. The van der Waals surface area contributed by atoms with Crippen LogP contribution in [-0.2, 0) is 4.74 Å². The Morgan fingerprint density at radius 1 is 1.24 bits per heavy atom. The number of alkyl halides is 2. The fraction of sp³-hybridized carbons (Fsp3) is 0.435. The maximum absolute atomic E-state index is 13.1. The van der Waals surface area contributed by atoms with Crippen LogP contribution in [0.3, 0.4) is 0 Å². The van der Waals surface area contributed by atoms with E-state index in [1.54, 1.807) is 12.1 Å². The highest BCUT2D eigenvalue weighted by Crippen LogP contribution is 2.33. The second-order valence-electron chi connectivity index (χ2n) is 8.43. The Balaban J connectivity index is 1.46. The molecule has 33 heavy (non-hydrogen) atoms. The summed E-state index contributed by atoms with van der Waals surface area (Å²) in [5.74, 6) is -0.163. The van der Waals surface area contributed by atoms with Crippen molar-refractivity contribution >= 4 is 22.6 Å². The third-order valence-electron chi connectivity index (χ3n) is 6.03. The Labute approximate surface area is 188 Å². The standard InChI is InChI=1S/C23H24F2N4O4/c24-22(25)18-2-1-3-21(26-18)27-23(31)17-8-13-12-29(14-4-6-32-7-5-14)28-19(13)11-20(17)33-16-9-15(30)10-16/h1-3,8,11-12,14-16,22,30H,4-7,9-10H2,(H,26,27,31)/t15-,16-. The van der Waals surface area contributed by atoms with Crippen LogP contribution in [0.4, 0.5) is 14.6 Å². The Bertz CT molecular complexity index is 1160. The highest BCUT2D eigenvalue weighted by Gasteiger charge is 2.30. The predicted octanol–water partition coefficient (Wildman–Crippen LogP) is 3.87. The molecular formula is C23H24F2N4O4. The van der Waals surface area contributed by atoms with Crippen LogP contribution < -0.4 is 10.1 Å². The summed E-state index contributed by atoms with van der Waals surface area (Å²) < 4.78 is 39.3. The molecule has 0 radical (unpaired) electrons. The fourth-order valence-corrected chi connectivity index (χ4v) is 4.12. The molecule has 0 bridgehead atoms. The molecule has 2 aromatic heterocycles. The van der Waals surface area contributed by atoms with Gasteiger partial charge in [-0.15, -0.1) is 0 Å². The van der Waals surface area contributed by atoms with Gasteiger partial charge in [-0.1, -0.05) is 6.07 Å². The molecule has 1 saturated carbocycles. The van der Waals surface area contributed by atoms with Crippen molar-refractivity contribution in [1.29, 1.82) is 0 Å². The minimum atomic E-state index is -2.74. The highest BCUT2D eigenvalue weighted by molar-refractivity contribution is 6.08. The summed E-state index contributed by atoms with van der Waals surface area (Å²) in [7, 11) is 0. The van der Waals surface area contributed by atoms with E-state index in [9.17, 15) is 18.7 Å². The van der Waals surface area contributed by atoms with Crippen LogP contribution in [-0.4, -0.2) is 51.2 Å². The number of fused-ring (bicyclic) bond motifs is 1. The number of benzene rings is 1. The lowest BCUT2D eigenvalue weighted by molar-refractivity contribution is -0.0109. The third-order valence-corrected chi connectivity index (χ3v) is 6.03. The number of carbonyl (C=O) groups excluding carboxylic acids is 1. The summed E-state index contributed by atoms with van der Waals surface area (Å²) >= 11 is 0. The average molecular weight is 458 g/mol. The molecule has 174 valence electrons. The predicted molar refractivity (Wildman–Crippen MR) is 116 cm³/mol. The topological polar surface area (TPSA) is 98.5 Å². The number of aromatic nitrogens is 3. The van der Waals surface area contributed by atoms with E-state index in [4.69, 9.17) is 9.47 Å². The monoisotopic (exact) mass is 458 g/mol. The van der Waals surface area contributed by atoms with Crippen molar-refractivity contribution in [1.82, 2.24) is 14.8 Å². The number of nitrogens with one attached hydrogen (secondary N) is 1. The minimum Gasteiger partial charge on any atom is -0.489 e. The normalized spacial score (nSPS) is 21.2. The van der Waals surface area contributed by atoms with E-state index in [-0.39, 0.29) is 23.5 Å². The molecule has 1 aliphatic carbocycles. The Kier molecular flexibility index (Phi) is 5.94. The summed E-state index contributed by atoms with van der Waals surface area (Å²) in [5.41, 5.74) is 0.520. The van der Waals surface area contributed by atoms with E-state index in [2.05, 4.69) is 15.4 Å². The van der Waals surface area contributed by atoms with E-state index in [1.165, 1.54) is 18.2 Å². The number of amides is 1. The first kappa shape index (κ1) is 21.7. The zero-order valence-electron chi connectivity index (χ0n) is 17.8. The lowest BCUT2D eigenvalue weighted by atomic mass is 9.92. The van der Waals surface area contributed by atoms with Gasteiger partial charge in [0.25, 0.3) is 12.3 Å². The zero-order chi connectivity index (χ0) is 22.9. The molecule has 8 nitrogen and oxygen atoms in total. The Morgan fingerprint density at radius 2 is 2.03 bits per heavy atom. The van der Waals surface area contributed by atoms with Crippen molar-refractivity contribution in [3.63, 3.8) is 0 Å². The first-order valence-corrected chi connectivity index (χ1v) is 11.0. The number of carbonyl (C=O) groups is 1. The van der Waals surface area contributed by atoms with Crippen molar-refractivity contribution in [2.75, 3.05) is 18.5 Å². The number of hydrogen-bond donors (Lipinski definition) is 2. The number of rotatable bonds is 6. The summed E-state index contributed by atoms with van der Waals surface area (Å²) in [4.78, 5) is 16.9. The Hall–Kier alpha value is -3.11. The van der Waals surface area contributed by atoms with Gasteiger partial charge in [0.2, 0.25) is 0 Å². The summed E-state index contributed by atoms with van der Waals surface area (Å²) in [6, 6.07) is 7.69. The van der Waals surface area contributed by atoms with Crippen LogP contribution in [0, 0.1) is 0 Å². The second kappa shape index (κ2) is 9.03. The Morgan fingerprint density at radius 3 is 2.76 bits per heavy atom. The molecule has 3 aromatic rings. The largest absolute Gasteiger partial charge is 0.489 e. The minimum absolute atomic E-state index is 0.0285. The molecular weight excluding hydrogens is 434 g/mol. The van der Waals surface area contributed by atoms with Crippen LogP contribution in [0.5, 0.6) is 5.75 Å².